The van der Waals surface area contributed by atoms with Crippen LogP contribution < -0.4 is 5.32 Å². The molecule has 0 atom stereocenters. The Kier molecular flexibility index (Phi) is 4.18. The topological polar surface area (TPSA) is 95.2 Å². The van der Waals surface area contributed by atoms with Crippen LogP contribution in [0.1, 0.15) is 28.9 Å². The van der Waals surface area contributed by atoms with E-state index in [1.54, 1.807) is 12.3 Å². The van der Waals surface area contributed by atoms with Gasteiger partial charge in [-0.25, -0.2) is 13.4 Å². The monoisotopic (exact) mass is 334 g/mol. The predicted molar refractivity (Wildman–Crippen MR) is 85.7 cm³/mol. The van der Waals surface area contributed by atoms with E-state index in [1.807, 2.05) is 13.0 Å². The standard InChI is InChI=1S/C15H18N4O3S/c1-11-4-5-16-14(8-11)18-15(20)13-9-12(10-17-13)23(21,22)19-6-2-3-7-19/h4-5,8-10,17H,2-3,6-7H2,1H3,(H,16,18,20). The molecule has 0 unspecified atom stereocenters. The van der Waals surface area contributed by atoms with Gasteiger partial charge in [0.1, 0.15) is 16.4 Å². The summed E-state index contributed by atoms with van der Waals surface area (Å²) in [6.07, 6.45) is 4.70. The van der Waals surface area contributed by atoms with Gasteiger partial charge in [-0.05, 0) is 43.5 Å². The average Bonchev–Trinajstić information content (AvgIpc) is 3.19. The zero-order valence-corrected chi connectivity index (χ0v) is 13.6. The molecule has 0 radical (unpaired) electrons. The number of aromatic nitrogens is 2. The first-order chi connectivity index (χ1) is 11.0. The summed E-state index contributed by atoms with van der Waals surface area (Å²) in [6.45, 7) is 2.96. The number of amides is 1. The molecule has 1 aliphatic rings. The first kappa shape index (κ1) is 15.7. The zero-order chi connectivity index (χ0) is 16.4. The SMILES string of the molecule is Cc1ccnc(NC(=O)c2cc(S(=O)(=O)N3CCCC3)c[nH]2)c1. The van der Waals surface area contributed by atoms with Gasteiger partial charge in [0.05, 0.1) is 0 Å². The van der Waals surface area contributed by atoms with Crippen LogP contribution in [0.25, 0.3) is 0 Å². The number of aryl methyl sites for hydroxylation is 1. The number of nitrogens with zero attached hydrogens (tertiary/aromatic N) is 2. The molecule has 7 nitrogen and oxygen atoms in total. The van der Waals surface area contributed by atoms with Gasteiger partial charge in [-0.2, -0.15) is 4.31 Å². The van der Waals surface area contributed by atoms with Gasteiger partial charge in [-0.3, -0.25) is 4.79 Å². The summed E-state index contributed by atoms with van der Waals surface area (Å²) < 4.78 is 26.3. The smallest absolute Gasteiger partial charge is 0.273 e. The van der Waals surface area contributed by atoms with Crippen LogP contribution in [0, 0.1) is 6.92 Å². The maximum absolute atomic E-state index is 12.4. The molecule has 1 amide bonds. The van der Waals surface area contributed by atoms with Gasteiger partial charge in [0.15, 0.2) is 0 Å². The molecule has 0 saturated carbocycles. The quantitative estimate of drug-likeness (QED) is 0.890. The van der Waals surface area contributed by atoms with E-state index in [-0.39, 0.29) is 10.6 Å². The van der Waals surface area contributed by atoms with Crippen molar-refractivity contribution < 1.29 is 13.2 Å². The molecule has 1 saturated heterocycles. The first-order valence-corrected chi connectivity index (χ1v) is 8.83. The van der Waals surface area contributed by atoms with E-state index in [1.165, 1.54) is 16.6 Å². The molecule has 0 spiro atoms. The number of rotatable bonds is 4. The number of hydrogen-bond donors (Lipinski definition) is 2. The highest BCUT2D eigenvalue weighted by molar-refractivity contribution is 7.89. The van der Waals surface area contributed by atoms with E-state index in [9.17, 15) is 13.2 Å². The van der Waals surface area contributed by atoms with E-state index in [2.05, 4.69) is 15.3 Å². The molecule has 3 rings (SSSR count). The van der Waals surface area contributed by atoms with E-state index in [4.69, 9.17) is 0 Å². The lowest BCUT2D eigenvalue weighted by Gasteiger charge is -2.13. The van der Waals surface area contributed by atoms with Gasteiger partial charge in [0.25, 0.3) is 5.91 Å². The zero-order valence-electron chi connectivity index (χ0n) is 12.7. The highest BCUT2D eigenvalue weighted by Crippen LogP contribution is 2.21. The van der Waals surface area contributed by atoms with Crippen molar-refractivity contribution in [3.63, 3.8) is 0 Å². The van der Waals surface area contributed by atoms with Crippen LogP contribution in [0.4, 0.5) is 5.82 Å². The fraction of sp³-hybridized carbons (Fsp3) is 0.333. The average molecular weight is 334 g/mol. The van der Waals surface area contributed by atoms with Crippen molar-refractivity contribution in [2.45, 2.75) is 24.7 Å². The van der Waals surface area contributed by atoms with Crippen molar-refractivity contribution in [2.75, 3.05) is 18.4 Å². The number of hydrogen-bond acceptors (Lipinski definition) is 4. The molecule has 3 heterocycles. The highest BCUT2D eigenvalue weighted by Gasteiger charge is 2.28. The normalized spacial score (nSPS) is 15.7. The van der Waals surface area contributed by atoms with Crippen LogP contribution in [0.5, 0.6) is 0 Å². The number of carbonyl (C=O) groups is 1. The maximum Gasteiger partial charge on any atom is 0.273 e. The van der Waals surface area contributed by atoms with Gasteiger partial charge in [-0.15, -0.1) is 0 Å². The van der Waals surface area contributed by atoms with Crippen molar-refractivity contribution in [2.24, 2.45) is 0 Å². The van der Waals surface area contributed by atoms with Crippen molar-refractivity contribution in [3.05, 3.63) is 41.9 Å². The van der Waals surface area contributed by atoms with E-state index in [0.717, 1.165) is 18.4 Å². The molecule has 0 aromatic carbocycles. The van der Waals surface area contributed by atoms with Crippen LogP contribution in [0.3, 0.4) is 0 Å². The molecule has 1 fully saturated rings. The third-order valence-corrected chi connectivity index (χ3v) is 5.64. The highest BCUT2D eigenvalue weighted by atomic mass is 32.2. The van der Waals surface area contributed by atoms with Gasteiger partial charge in [0, 0.05) is 25.5 Å². The maximum atomic E-state index is 12.4. The number of aromatic amines is 1. The minimum atomic E-state index is -3.52. The van der Waals surface area contributed by atoms with Gasteiger partial charge in [0.2, 0.25) is 10.0 Å². The Morgan fingerprint density at radius 2 is 2.04 bits per heavy atom. The van der Waals surface area contributed by atoms with Crippen molar-refractivity contribution in [1.82, 2.24) is 14.3 Å². The molecular formula is C15H18N4O3S. The van der Waals surface area contributed by atoms with E-state index < -0.39 is 15.9 Å². The summed E-state index contributed by atoms with van der Waals surface area (Å²) in [6, 6.07) is 4.92. The second-order valence-corrected chi connectivity index (χ2v) is 7.47. The van der Waals surface area contributed by atoms with Gasteiger partial charge >= 0.3 is 0 Å². The second kappa shape index (κ2) is 6.13. The molecule has 0 bridgehead atoms. The van der Waals surface area contributed by atoms with Crippen molar-refractivity contribution in [1.29, 1.82) is 0 Å². The number of H-pyrrole nitrogens is 1. The summed E-state index contributed by atoms with van der Waals surface area (Å²) in [5.74, 6) is -0.000443. The van der Waals surface area contributed by atoms with Crippen molar-refractivity contribution >= 4 is 21.7 Å². The summed E-state index contributed by atoms with van der Waals surface area (Å²) in [7, 11) is -3.52. The molecule has 2 aromatic rings. The molecule has 1 aliphatic heterocycles. The molecular weight excluding hydrogens is 316 g/mol. The fourth-order valence-corrected chi connectivity index (χ4v) is 4.03. The lowest BCUT2D eigenvalue weighted by atomic mass is 10.3. The van der Waals surface area contributed by atoms with Gasteiger partial charge < -0.3 is 10.3 Å². The summed E-state index contributed by atoms with van der Waals surface area (Å²) in [4.78, 5) is 19.1. The van der Waals surface area contributed by atoms with Crippen LogP contribution >= 0.6 is 0 Å². The summed E-state index contributed by atoms with van der Waals surface area (Å²) in [5, 5.41) is 2.64. The third-order valence-electron chi connectivity index (χ3n) is 3.76. The molecule has 0 aliphatic carbocycles. The molecule has 2 N–H and O–H groups in total. The molecule has 122 valence electrons. The Balaban J connectivity index is 1.77. The summed E-state index contributed by atoms with van der Waals surface area (Å²) in [5.41, 5.74) is 1.16. The first-order valence-electron chi connectivity index (χ1n) is 7.39. The molecule has 2 aromatic heterocycles. The Morgan fingerprint density at radius 3 is 2.74 bits per heavy atom. The third kappa shape index (κ3) is 3.27. The van der Waals surface area contributed by atoms with Crippen molar-refractivity contribution in [3.8, 4) is 0 Å². The number of anilines is 1. The largest absolute Gasteiger partial charge is 0.356 e. The Bertz CT molecular complexity index is 823. The minimum Gasteiger partial charge on any atom is -0.356 e. The number of sulfonamides is 1. The Labute approximate surface area is 134 Å². The molecule has 8 heteroatoms. The number of carbonyl (C=O) groups excluding carboxylic acids is 1. The summed E-state index contributed by atoms with van der Waals surface area (Å²) >= 11 is 0. The second-order valence-electron chi connectivity index (χ2n) is 5.53. The van der Waals surface area contributed by atoms with Crippen LogP contribution in [-0.4, -0.2) is 41.7 Å². The predicted octanol–water partition coefficient (Wildman–Crippen LogP) is 1.75. The van der Waals surface area contributed by atoms with E-state index in [0.29, 0.717) is 18.9 Å². The fourth-order valence-electron chi connectivity index (χ4n) is 2.52. The van der Waals surface area contributed by atoms with Gasteiger partial charge in [-0.1, -0.05) is 0 Å². The van der Waals surface area contributed by atoms with Crippen LogP contribution in [0.15, 0.2) is 35.5 Å². The lowest BCUT2D eigenvalue weighted by molar-refractivity contribution is 0.102. The van der Waals surface area contributed by atoms with E-state index >= 15 is 0 Å². The Hall–Kier alpha value is -2.19. The molecule has 23 heavy (non-hydrogen) atoms. The van der Waals surface area contributed by atoms with Crippen LogP contribution in [0.2, 0.25) is 0 Å². The number of pyridine rings is 1. The minimum absolute atomic E-state index is 0.113. The number of nitrogens with one attached hydrogen (secondary N) is 2. The Morgan fingerprint density at radius 1 is 1.30 bits per heavy atom. The van der Waals surface area contributed by atoms with Crippen LogP contribution in [-0.2, 0) is 10.0 Å². The lowest BCUT2D eigenvalue weighted by Crippen LogP contribution is -2.27.